The van der Waals surface area contributed by atoms with E-state index in [0.717, 1.165) is 11.6 Å². The normalized spacial score (nSPS) is 14.2. The number of benzene rings is 3. The summed E-state index contributed by atoms with van der Waals surface area (Å²) < 4.78 is 17.1. The van der Waals surface area contributed by atoms with Crippen LogP contribution >= 0.6 is 11.6 Å². The Hall–Kier alpha value is -4.21. The molecule has 1 unspecified atom stereocenters. The van der Waals surface area contributed by atoms with Crippen LogP contribution in [-0.4, -0.2) is 26.7 Å². The van der Waals surface area contributed by atoms with Crippen molar-refractivity contribution in [3.63, 3.8) is 0 Å². The quantitative estimate of drug-likeness (QED) is 0.390. The number of amides is 2. The van der Waals surface area contributed by atoms with Gasteiger partial charge in [0.05, 0.1) is 29.7 Å². The lowest BCUT2D eigenvalue weighted by Crippen LogP contribution is -2.42. The number of rotatable bonds is 4. The van der Waals surface area contributed by atoms with Crippen molar-refractivity contribution < 1.29 is 19.1 Å². The van der Waals surface area contributed by atoms with Crippen molar-refractivity contribution in [2.45, 2.75) is 12.1 Å². The number of aliphatic hydroxyl groups is 1. The third kappa shape index (κ3) is 3.78. The molecule has 0 spiro atoms. The van der Waals surface area contributed by atoms with Crippen LogP contribution in [0.4, 0.5) is 21.6 Å². The van der Waals surface area contributed by atoms with Crippen LogP contribution in [0.25, 0.3) is 0 Å². The molecule has 0 saturated carbocycles. The lowest BCUT2D eigenvalue weighted by Gasteiger charge is -2.27. The topological polar surface area (TPSA) is 113 Å². The molecule has 3 aromatic carbocycles. The van der Waals surface area contributed by atoms with E-state index in [0.29, 0.717) is 22.2 Å². The Labute approximate surface area is 210 Å². The zero-order valence-corrected chi connectivity index (χ0v) is 19.8. The zero-order valence-electron chi connectivity index (χ0n) is 19.1. The lowest BCUT2D eigenvalue weighted by atomic mass is 9.85. The van der Waals surface area contributed by atoms with Gasteiger partial charge in [-0.25, -0.2) is 4.39 Å². The molecule has 1 aliphatic rings. The smallest absolute Gasteiger partial charge is 0.261 e. The summed E-state index contributed by atoms with van der Waals surface area (Å²) in [6, 6.07) is 16.5. The minimum absolute atomic E-state index is 0.0884. The molecule has 0 aliphatic carbocycles. The fourth-order valence-corrected chi connectivity index (χ4v) is 4.53. The molecule has 8 nitrogen and oxygen atoms in total. The van der Waals surface area contributed by atoms with E-state index in [4.69, 9.17) is 17.3 Å². The number of carbonyl (C=O) groups excluding carboxylic acids is 2. The van der Waals surface area contributed by atoms with Crippen molar-refractivity contribution >= 4 is 40.6 Å². The highest BCUT2D eigenvalue weighted by atomic mass is 35.5. The first-order valence-corrected chi connectivity index (χ1v) is 11.3. The van der Waals surface area contributed by atoms with Crippen molar-refractivity contribution in [2.75, 3.05) is 10.2 Å². The summed E-state index contributed by atoms with van der Waals surface area (Å²) in [6.07, 6.45) is 1.63. The highest BCUT2D eigenvalue weighted by Gasteiger charge is 2.39. The molecular formula is C26H21ClFN5O3. The Bertz CT molecular complexity index is 1510. The third-order valence-electron chi connectivity index (χ3n) is 6.26. The second kappa shape index (κ2) is 8.78. The van der Waals surface area contributed by atoms with Gasteiger partial charge in [0.25, 0.3) is 11.8 Å². The summed E-state index contributed by atoms with van der Waals surface area (Å²) in [6.45, 7) is 0.125. The maximum absolute atomic E-state index is 15.4. The molecule has 36 heavy (non-hydrogen) atoms. The van der Waals surface area contributed by atoms with E-state index >= 15 is 4.39 Å². The average Bonchev–Trinajstić information content (AvgIpc) is 3.11. The summed E-state index contributed by atoms with van der Waals surface area (Å²) in [4.78, 5) is 27.3. The van der Waals surface area contributed by atoms with Crippen LogP contribution in [0.5, 0.6) is 0 Å². The molecule has 2 heterocycles. The second-order valence-corrected chi connectivity index (χ2v) is 8.89. The van der Waals surface area contributed by atoms with Gasteiger partial charge in [0.15, 0.2) is 5.60 Å². The predicted molar refractivity (Wildman–Crippen MR) is 133 cm³/mol. The minimum Gasteiger partial charge on any atom is -0.372 e. The molecule has 1 aromatic heterocycles. The van der Waals surface area contributed by atoms with Crippen LogP contribution < -0.4 is 16.0 Å². The van der Waals surface area contributed by atoms with E-state index in [2.05, 4.69) is 10.4 Å². The van der Waals surface area contributed by atoms with E-state index in [1.54, 1.807) is 54.3 Å². The van der Waals surface area contributed by atoms with Crippen LogP contribution in [0.15, 0.2) is 72.9 Å². The average molecular weight is 506 g/mol. The van der Waals surface area contributed by atoms with Gasteiger partial charge in [-0.3, -0.25) is 14.3 Å². The number of aromatic nitrogens is 2. The van der Waals surface area contributed by atoms with Gasteiger partial charge < -0.3 is 21.1 Å². The van der Waals surface area contributed by atoms with Gasteiger partial charge in [0.2, 0.25) is 0 Å². The number of nitrogens with zero attached hydrogens (tertiary/aromatic N) is 3. The largest absolute Gasteiger partial charge is 0.372 e. The van der Waals surface area contributed by atoms with Crippen LogP contribution in [-0.2, 0) is 24.0 Å². The SMILES string of the molecule is Cn1ncc2c1Nc1cc(Cl)ccc1N(C(=O)c1ccc(C(O)(C(N)=O)c3ccccc3)cc1F)C2. The van der Waals surface area contributed by atoms with Gasteiger partial charge in [-0.2, -0.15) is 5.10 Å². The molecule has 0 fully saturated rings. The Morgan fingerprint density at radius 3 is 2.56 bits per heavy atom. The zero-order chi connectivity index (χ0) is 25.6. The Morgan fingerprint density at radius 2 is 1.86 bits per heavy atom. The van der Waals surface area contributed by atoms with Gasteiger partial charge >= 0.3 is 0 Å². The summed E-state index contributed by atoms with van der Waals surface area (Å²) >= 11 is 6.19. The highest BCUT2D eigenvalue weighted by molar-refractivity contribution is 6.31. The number of halogens is 2. The van der Waals surface area contributed by atoms with Crippen LogP contribution in [0.2, 0.25) is 5.02 Å². The first-order valence-electron chi connectivity index (χ1n) is 11.0. The molecule has 4 aromatic rings. The number of aryl methyl sites for hydroxylation is 1. The highest BCUT2D eigenvalue weighted by Crippen LogP contribution is 2.38. The summed E-state index contributed by atoms with van der Waals surface area (Å²) in [7, 11) is 1.76. The number of fused-ring (bicyclic) bond motifs is 2. The maximum atomic E-state index is 15.4. The number of primary amides is 1. The van der Waals surface area contributed by atoms with Crippen molar-refractivity contribution in [1.82, 2.24) is 9.78 Å². The van der Waals surface area contributed by atoms with Crippen molar-refractivity contribution in [3.8, 4) is 0 Å². The van der Waals surface area contributed by atoms with Gasteiger partial charge in [-0.05, 0) is 35.9 Å². The molecule has 0 radical (unpaired) electrons. The predicted octanol–water partition coefficient (Wildman–Crippen LogP) is 3.84. The van der Waals surface area contributed by atoms with E-state index in [-0.39, 0.29) is 23.2 Å². The lowest BCUT2D eigenvalue weighted by molar-refractivity contribution is -0.133. The molecule has 1 atom stereocenters. The monoisotopic (exact) mass is 505 g/mol. The number of hydrogen-bond donors (Lipinski definition) is 3. The molecule has 10 heteroatoms. The van der Waals surface area contributed by atoms with Crippen LogP contribution in [0.3, 0.4) is 0 Å². The Morgan fingerprint density at radius 1 is 1.11 bits per heavy atom. The molecule has 0 saturated heterocycles. The first-order chi connectivity index (χ1) is 17.2. The molecule has 1 aliphatic heterocycles. The molecule has 4 N–H and O–H groups in total. The molecule has 0 bridgehead atoms. The number of carbonyl (C=O) groups is 2. The van der Waals surface area contributed by atoms with Gasteiger partial charge in [-0.15, -0.1) is 0 Å². The van der Waals surface area contributed by atoms with E-state index in [1.165, 1.54) is 29.2 Å². The first kappa shape index (κ1) is 23.5. The standard InChI is InChI=1S/C26H21ClFN5O3/c1-32-23-15(13-30-32)14-33(22-10-8-18(27)12-21(22)31-23)24(34)19-9-7-17(11-20(19)28)26(36,25(29)35)16-5-3-2-4-6-16/h2-13,31,36H,14H2,1H3,(H2,29,35). The van der Waals surface area contributed by atoms with Crippen molar-refractivity contribution in [1.29, 1.82) is 0 Å². The summed E-state index contributed by atoms with van der Waals surface area (Å²) in [5, 5.41) is 19.1. The number of nitrogens with two attached hydrogens (primary N) is 1. The molecule has 2 amide bonds. The van der Waals surface area contributed by atoms with Crippen LogP contribution in [0.1, 0.15) is 27.0 Å². The van der Waals surface area contributed by atoms with Crippen molar-refractivity contribution in [3.05, 3.63) is 106 Å². The number of hydrogen-bond acceptors (Lipinski definition) is 5. The Kier molecular flexibility index (Phi) is 5.74. The van der Waals surface area contributed by atoms with Crippen LogP contribution in [0, 0.1) is 5.82 Å². The van der Waals surface area contributed by atoms with Gasteiger partial charge in [0.1, 0.15) is 11.6 Å². The molecule has 182 valence electrons. The minimum atomic E-state index is -2.27. The second-order valence-electron chi connectivity index (χ2n) is 8.46. The fourth-order valence-electron chi connectivity index (χ4n) is 4.36. The summed E-state index contributed by atoms with van der Waals surface area (Å²) in [5.41, 5.74) is 4.88. The van der Waals surface area contributed by atoms with Crippen molar-refractivity contribution in [2.24, 2.45) is 12.8 Å². The summed E-state index contributed by atoms with van der Waals surface area (Å²) in [5.74, 6) is -1.92. The molecule has 5 rings (SSSR count). The number of anilines is 3. The maximum Gasteiger partial charge on any atom is 0.261 e. The van der Waals surface area contributed by atoms with E-state index in [9.17, 15) is 14.7 Å². The third-order valence-corrected chi connectivity index (χ3v) is 6.49. The fraction of sp³-hybridized carbons (Fsp3) is 0.115. The number of nitrogens with one attached hydrogen (secondary N) is 1. The Balaban J connectivity index is 1.57. The van der Waals surface area contributed by atoms with E-state index < -0.39 is 23.2 Å². The van der Waals surface area contributed by atoms with Gasteiger partial charge in [0, 0.05) is 23.2 Å². The molecular weight excluding hydrogens is 485 g/mol. The van der Waals surface area contributed by atoms with E-state index in [1.807, 2.05) is 0 Å². The van der Waals surface area contributed by atoms with Gasteiger partial charge in [-0.1, -0.05) is 48.0 Å².